The molecule has 138 valence electrons. The lowest BCUT2D eigenvalue weighted by Gasteiger charge is -2.04. The predicted molar refractivity (Wildman–Crippen MR) is 114 cm³/mol. The van der Waals surface area contributed by atoms with Crippen LogP contribution in [0.4, 0.5) is 5.13 Å². The summed E-state index contributed by atoms with van der Waals surface area (Å²) >= 11 is 1.41. The van der Waals surface area contributed by atoms with Crippen molar-refractivity contribution in [2.45, 2.75) is 0 Å². The smallest absolute Gasteiger partial charge is 0.264 e. The standard InChI is InChI=1S/C23H12N2O3S/c26-20-13-7-1-2-10-17(13)28-11-16(20)22(27)25-23-24-19-14-8-3-5-12-6-4-9-15(18(12)14)21(19)29-23/h1-11H,(H,24,25,27). The van der Waals surface area contributed by atoms with E-state index in [1.807, 2.05) is 18.2 Å². The summed E-state index contributed by atoms with van der Waals surface area (Å²) in [5.41, 5.74) is 3.10. The molecule has 0 saturated heterocycles. The molecule has 5 nitrogen and oxygen atoms in total. The van der Waals surface area contributed by atoms with Crippen molar-refractivity contribution < 1.29 is 9.21 Å². The molecule has 1 aliphatic carbocycles. The highest BCUT2D eigenvalue weighted by Crippen LogP contribution is 2.50. The number of thiazole rings is 1. The number of amides is 1. The Morgan fingerprint density at radius 1 is 0.966 bits per heavy atom. The molecule has 0 atom stereocenters. The average molecular weight is 396 g/mol. The van der Waals surface area contributed by atoms with Crippen molar-refractivity contribution in [3.8, 4) is 21.7 Å². The van der Waals surface area contributed by atoms with Crippen molar-refractivity contribution in [3.05, 3.63) is 82.7 Å². The molecule has 0 saturated carbocycles. The van der Waals surface area contributed by atoms with Crippen LogP contribution >= 0.6 is 11.3 Å². The molecule has 1 N–H and O–H groups in total. The Hall–Kier alpha value is -3.77. The lowest BCUT2D eigenvalue weighted by atomic mass is 10.0. The first kappa shape index (κ1) is 16.2. The molecule has 2 aromatic heterocycles. The van der Waals surface area contributed by atoms with Crippen molar-refractivity contribution in [1.29, 1.82) is 0 Å². The third-order valence-electron chi connectivity index (χ3n) is 5.18. The van der Waals surface area contributed by atoms with Gasteiger partial charge in [0.1, 0.15) is 17.4 Å². The molecular formula is C23H12N2O3S. The molecule has 0 unspecified atom stereocenters. The van der Waals surface area contributed by atoms with Crippen LogP contribution in [0, 0.1) is 0 Å². The van der Waals surface area contributed by atoms with Crippen molar-refractivity contribution in [1.82, 2.24) is 4.98 Å². The van der Waals surface area contributed by atoms with Crippen LogP contribution in [0.1, 0.15) is 10.4 Å². The topological polar surface area (TPSA) is 72.2 Å². The largest absolute Gasteiger partial charge is 0.463 e. The Morgan fingerprint density at radius 2 is 1.76 bits per heavy atom. The normalized spacial score (nSPS) is 11.7. The number of nitrogens with zero attached hydrogens (tertiary/aromatic N) is 1. The predicted octanol–water partition coefficient (Wildman–Crippen LogP) is 5.30. The van der Waals surface area contributed by atoms with E-state index < -0.39 is 5.91 Å². The Balaban J connectivity index is 1.40. The molecule has 6 rings (SSSR count). The van der Waals surface area contributed by atoms with Gasteiger partial charge in [-0.2, -0.15) is 0 Å². The second-order valence-corrected chi connectivity index (χ2v) is 7.83. The SMILES string of the molecule is O=C(Nc1nc2c(s1)-c1cccc3cccc-2c13)c1coc2ccccc2c1=O. The van der Waals surface area contributed by atoms with Crippen molar-refractivity contribution in [3.63, 3.8) is 0 Å². The lowest BCUT2D eigenvalue weighted by Crippen LogP contribution is -2.21. The first-order valence-electron chi connectivity index (χ1n) is 9.06. The number of hydrogen-bond donors (Lipinski definition) is 1. The maximum absolute atomic E-state index is 12.7. The fourth-order valence-electron chi connectivity index (χ4n) is 3.87. The zero-order chi connectivity index (χ0) is 19.5. The molecule has 1 aliphatic rings. The second-order valence-electron chi connectivity index (χ2n) is 6.83. The van der Waals surface area contributed by atoms with E-state index in [0.717, 1.165) is 21.7 Å². The van der Waals surface area contributed by atoms with Gasteiger partial charge in [-0.05, 0) is 22.9 Å². The number of anilines is 1. The maximum Gasteiger partial charge on any atom is 0.264 e. The number of carbonyl (C=O) groups is 1. The number of rotatable bonds is 2. The highest BCUT2D eigenvalue weighted by molar-refractivity contribution is 7.20. The van der Waals surface area contributed by atoms with Crippen LogP contribution in [0.25, 0.3) is 43.4 Å². The molecule has 0 bridgehead atoms. The van der Waals surface area contributed by atoms with Crippen molar-refractivity contribution >= 4 is 44.1 Å². The highest BCUT2D eigenvalue weighted by atomic mass is 32.1. The second kappa shape index (κ2) is 5.86. The van der Waals surface area contributed by atoms with E-state index in [1.165, 1.54) is 28.4 Å². The summed E-state index contributed by atoms with van der Waals surface area (Å²) in [6.45, 7) is 0. The minimum Gasteiger partial charge on any atom is -0.463 e. The van der Waals surface area contributed by atoms with Gasteiger partial charge in [0.05, 0.1) is 16.0 Å². The fourth-order valence-corrected chi connectivity index (χ4v) is 4.87. The zero-order valence-corrected chi connectivity index (χ0v) is 15.7. The summed E-state index contributed by atoms with van der Waals surface area (Å²) in [7, 11) is 0. The van der Waals surface area contributed by atoms with Gasteiger partial charge in [-0.3, -0.25) is 14.9 Å². The fraction of sp³-hybridized carbons (Fsp3) is 0. The number of hydrogen-bond acceptors (Lipinski definition) is 5. The average Bonchev–Trinajstić information content (AvgIpc) is 3.28. The van der Waals surface area contributed by atoms with Crippen LogP contribution in [0.5, 0.6) is 0 Å². The van der Waals surface area contributed by atoms with E-state index in [2.05, 4.69) is 28.5 Å². The molecule has 0 radical (unpaired) electrons. The molecule has 5 aromatic rings. The number of fused-ring (bicyclic) bond motifs is 4. The van der Waals surface area contributed by atoms with Crippen LogP contribution in [-0.4, -0.2) is 10.9 Å². The van der Waals surface area contributed by atoms with Gasteiger partial charge < -0.3 is 4.42 Å². The van der Waals surface area contributed by atoms with E-state index in [-0.39, 0.29) is 11.0 Å². The molecule has 6 heteroatoms. The monoisotopic (exact) mass is 396 g/mol. The van der Waals surface area contributed by atoms with Gasteiger partial charge in [0, 0.05) is 11.1 Å². The van der Waals surface area contributed by atoms with Crippen LogP contribution in [0.2, 0.25) is 0 Å². The number of nitrogens with one attached hydrogen (secondary N) is 1. The van der Waals surface area contributed by atoms with E-state index >= 15 is 0 Å². The first-order valence-corrected chi connectivity index (χ1v) is 9.87. The van der Waals surface area contributed by atoms with Crippen LogP contribution in [-0.2, 0) is 0 Å². The minimum atomic E-state index is -0.525. The van der Waals surface area contributed by atoms with Crippen LogP contribution in [0.3, 0.4) is 0 Å². The Morgan fingerprint density at radius 3 is 2.62 bits per heavy atom. The summed E-state index contributed by atoms with van der Waals surface area (Å²) in [5, 5.41) is 5.96. The molecule has 29 heavy (non-hydrogen) atoms. The third-order valence-corrected chi connectivity index (χ3v) is 6.18. The summed E-state index contributed by atoms with van der Waals surface area (Å²) in [6.07, 6.45) is 1.21. The number of benzene rings is 3. The van der Waals surface area contributed by atoms with Gasteiger partial charge >= 0.3 is 0 Å². The summed E-state index contributed by atoms with van der Waals surface area (Å²) < 4.78 is 5.45. The van der Waals surface area contributed by atoms with Crippen LogP contribution < -0.4 is 10.7 Å². The molecule has 0 aliphatic heterocycles. The van der Waals surface area contributed by atoms with Gasteiger partial charge in [-0.25, -0.2) is 4.98 Å². The lowest BCUT2D eigenvalue weighted by molar-refractivity contribution is 0.102. The van der Waals surface area contributed by atoms with Gasteiger partial charge in [-0.1, -0.05) is 59.9 Å². The number of aromatic nitrogens is 1. The number of carbonyl (C=O) groups excluding carboxylic acids is 1. The summed E-state index contributed by atoms with van der Waals surface area (Å²) in [6, 6.07) is 19.2. The number of para-hydroxylation sites is 1. The maximum atomic E-state index is 12.7. The van der Waals surface area contributed by atoms with E-state index in [9.17, 15) is 9.59 Å². The Bertz CT molecular complexity index is 1470. The van der Waals surface area contributed by atoms with Gasteiger partial charge in [0.2, 0.25) is 5.43 Å². The minimum absolute atomic E-state index is 0.0402. The molecule has 2 heterocycles. The quantitative estimate of drug-likeness (QED) is 0.431. The highest BCUT2D eigenvalue weighted by Gasteiger charge is 2.26. The van der Waals surface area contributed by atoms with Crippen LogP contribution in [0.15, 0.2) is 76.1 Å². The Labute approximate surface area is 168 Å². The molecule has 3 aromatic carbocycles. The molecule has 1 amide bonds. The molecular weight excluding hydrogens is 384 g/mol. The van der Waals surface area contributed by atoms with E-state index in [4.69, 9.17) is 4.42 Å². The Kier molecular flexibility index (Phi) is 3.28. The van der Waals surface area contributed by atoms with Gasteiger partial charge in [-0.15, -0.1) is 0 Å². The van der Waals surface area contributed by atoms with E-state index in [1.54, 1.807) is 24.3 Å². The zero-order valence-electron chi connectivity index (χ0n) is 14.9. The van der Waals surface area contributed by atoms with Gasteiger partial charge in [0.25, 0.3) is 5.91 Å². The van der Waals surface area contributed by atoms with E-state index in [0.29, 0.717) is 16.1 Å². The van der Waals surface area contributed by atoms with Crippen molar-refractivity contribution in [2.24, 2.45) is 0 Å². The van der Waals surface area contributed by atoms with Gasteiger partial charge in [0.15, 0.2) is 5.13 Å². The summed E-state index contributed by atoms with van der Waals surface area (Å²) in [5.74, 6) is -0.525. The first-order chi connectivity index (χ1) is 14.2. The van der Waals surface area contributed by atoms with Crippen molar-refractivity contribution in [2.75, 3.05) is 5.32 Å². The summed E-state index contributed by atoms with van der Waals surface area (Å²) in [4.78, 5) is 31.1. The molecule has 0 fully saturated rings. The third kappa shape index (κ3) is 2.30. The molecule has 0 spiro atoms.